The summed E-state index contributed by atoms with van der Waals surface area (Å²) < 4.78 is 5.12. The lowest BCUT2D eigenvalue weighted by atomic mass is 10.2. The lowest BCUT2D eigenvalue weighted by Gasteiger charge is -2.15. The van der Waals surface area contributed by atoms with Crippen molar-refractivity contribution in [3.05, 3.63) is 65.7 Å². The van der Waals surface area contributed by atoms with E-state index in [0.29, 0.717) is 5.56 Å². The van der Waals surface area contributed by atoms with Crippen molar-refractivity contribution in [2.24, 2.45) is 5.10 Å². The number of rotatable bonds is 6. The molecule has 0 heterocycles. The molecule has 0 unspecified atom stereocenters. The largest absolute Gasteiger partial charge is 0.508 e. The van der Waals surface area contributed by atoms with Crippen LogP contribution >= 0.6 is 0 Å². The molecular weight excluding hydrogens is 322 g/mol. The number of amides is 2. The van der Waals surface area contributed by atoms with E-state index in [9.17, 15) is 14.7 Å². The van der Waals surface area contributed by atoms with Crippen LogP contribution in [0.4, 0.5) is 4.79 Å². The SMILES string of the molecule is CN(CC(=O)NN=Cc1ccc(O)cc1)C(=O)OCc1ccccc1. The van der Waals surface area contributed by atoms with Crippen LogP contribution in [0.5, 0.6) is 5.75 Å². The molecule has 0 saturated carbocycles. The van der Waals surface area contributed by atoms with E-state index in [1.54, 1.807) is 12.1 Å². The summed E-state index contributed by atoms with van der Waals surface area (Å²) in [5.41, 5.74) is 3.91. The molecule has 2 amide bonds. The third-order valence-electron chi connectivity index (χ3n) is 3.19. The van der Waals surface area contributed by atoms with E-state index in [1.807, 2.05) is 30.3 Å². The van der Waals surface area contributed by atoms with E-state index in [1.165, 1.54) is 25.4 Å². The van der Waals surface area contributed by atoms with Gasteiger partial charge in [-0.1, -0.05) is 30.3 Å². The van der Waals surface area contributed by atoms with Crippen LogP contribution in [0, 0.1) is 0 Å². The third-order valence-corrected chi connectivity index (χ3v) is 3.19. The highest BCUT2D eigenvalue weighted by molar-refractivity contribution is 5.84. The lowest BCUT2D eigenvalue weighted by Crippen LogP contribution is -2.36. The second-order valence-corrected chi connectivity index (χ2v) is 5.28. The molecule has 0 atom stereocenters. The van der Waals surface area contributed by atoms with Gasteiger partial charge in [-0.2, -0.15) is 5.10 Å². The number of likely N-dealkylation sites (N-methyl/N-ethyl adjacent to an activating group) is 1. The summed E-state index contributed by atoms with van der Waals surface area (Å²) in [4.78, 5) is 24.8. The highest BCUT2D eigenvalue weighted by atomic mass is 16.6. The van der Waals surface area contributed by atoms with Gasteiger partial charge in [0.1, 0.15) is 18.9 Å². The number of carbonyl (C=O) groups is 2. The zero-order valence-electron chi connectivity index (χ0n) is 13.8. The average molecular weight is 341 g/mol. The molecule has 2 N–H and O–H groups in total. The topological polar surface area (TPSA) is 91.2 Å². The molecule has 0 fully saturated rings. The smallest absolute Gasteiger partial charge is 0.410 e. The summed E-state index contributed by atoms with van der Waals surface area (Å²) in [6.07, 6.45) is 0.840. The lowest BCUT2D eigenvalue weighted by molar-refractivity contribution is -0.121. The highest BCUT2D eigenvalue weighted by Gasteiger charge is 2.13. The molecular formula is C18H19N3O4. The first-order valence-electron chi connectivity index (χ1n) is 7.57. The monoisotopic (exact) mass is 341 g/mol. The van der Waals surface area contributed by atoms with Gasteiger partial charge < -0.3 is 14.7 Å². The van der Waals surface area contributed by atoms with Crippen molar-refractivity contribution < 1.29 is 19.4 Å². The molecule has 7 heteroatoms. The first kappa shape index (κ1) is 18.0. The Bertz CT molecular complexity index is 730. The van der Waals surface area contributed by atoms with Gasteiger partial charge in [0.05, 0.1) is 6.21 Å². The molecule has 130 valence electrons. The van der Waals surface area contributed by atoms with Crippen molar-refractivity contribution in [2.75, 3.05) is 13.6 Å². The molecule has 0 saturated heterocycles. The van der Waals surface area contributed by atoms with Gasteiger partial charge in [-0.05, 0) is 35.4 Å². The predicted molar refractivity (Wildman–Crippen MR) is 93.1 cm³/mol. The highest BCUT2D eigenvalue weighted by Crippen LogP contribution is 2.07. The number of ether oxygens (including phenoxy) is 1. The maximum absolute atomic E-state index is 11.8. The van der Waals surface area contributed by atoms with Crippen molar-refractivity contribution in [2.45, 2.75) is 6.61 Å². The van der Waals surface area contributed by atoms with E-state index in [2.05, 4.69) is 10.5 Å². The minimum Gasteiger partial charge on any atom is -0.508 e. The van der Waals surface area contributed by atoms with Crippen LogP contribution in [0.25, 0.3) is 0 Å². The fourth-order valence-corrected chi connectivity index (χ4v) is 1.88. The fraction of sp³-hybridized carbons (Fsp3) is 0.167. The molecule has 2 aromatic carbocycles. The Labute approximate surface area is 145 Å². The summed E-state index contributed by atoms with van der Waals surface area (Å²) in [5.74, 6) is -0.300. The van der Waals surface area contributed by atoms with Gasteiger partial charge in [-0.25, -0.2) is 10.2 Å². The fourth-order valence-electron chi connectivity index (χ4n) is 1.88. The molecule has 0 bridgehead atoms. The molecule has 0 radical (unpaired) electrons. The third kappa shape index (κ3) is 6.34. The van der Waals surface area contributed by atoms with Crippen LogP contribution in [0.2, 0.25) is 0 Å². The van der Waals surface area contributed by atoms with Crippen molar-refractivity contribution in [3.8, 4) is 5.75 Å². The molecule has 0 aliphatic heterocycles. The molecule has 25 heavy (non-hydrogen) atoms. The van der Waals surface area contributed by atoms with Crippen LogP contribution in [0.15, 0.2) is 59.7 Å². The second-order valence-electron chi connectivity index (χ2n) is 5.28. The maximum Gasteiger partial charge on any atom is 0.410 e. The molecule has 0 aliphatic carbocycles. The summed E-state index contributed by atoms with van der Waals surface area (Å²) in [5, 5.41) is 13.0. The molecule has 2 rings (SSSR count). The quantitative estimate of drug-likeness (QED) is 0.622. The zero-order valence-corrected chi connectivity index (χ0v) is 13.8. The molecule has 0 aromatic heterocycles. The Morgan fingerprint density at radius 1 is 1.16 bits per heavy atom. The summed E-state index contributed by atoms with van der Waals surface area (Å²) in [6, 6.07) is 15.6. The van der Waals surface area contributed by atoms with Crippen LogP contribution in [0.1, 0.15) is 11.1 Å². The number of phenols is 1. The van der Waals surface area contributed by atoms with Crippen LogP contribution < -0.4 is 5.43 Å². The Kier molecular flexibility index (Phi) is 6.53. The molecule has 7 nitrogen and oxygen atoms in total. The summed E-state index contributed by atoms with van der Waals surface area (Å²) >= 11 is 0. The van der Waals surface area contributed by atoms with Crippen LogP contribution in [0.3, 0.4) is 0 Å². The van der Waals surface area contributed by atoms with Gasteiger partial charge in [0.2, 0.25) is 0 Å². The van der Waals surface area contributed by atoms with E-state index in [-0.39, 0.29) is 18.9 Å². The summed E-state index contributed by atoms with van der Waals surface area (Å²) in [7, 11) is 1.47. The number of hydrogen-bond acceptors (Lipinski definition) is 5. The van der Waals surface area contributed by atoms with Gasteiger partial charge >= 0.3 is 6.09 Å². The van der Waals surface area contributed by atoms with Crippen molar-refractivity contribution >= 4 is 18.2 Å². The zero-order chi connectivity index (χ0) is 18.1. The second kappa shape index (κ2) is 9.07. The van der Waals surface area contributed by atoms with Gasteiger partial charge in [0.25, 0.3) is 5.91 Å². The summed E-state index contributed by atoms with van der Waals surface area (Å²) in [6.45, 7) is -0.0365. The Morgan fingerprint density at radius 3 is 2.52 bits per heavy atom. The molecule has 0 spiro atoms. The average Bonchev–Trinajstić information content (AvgIpc) is 2.62. The van der Waals surface area contributed by atoms with Gasteiger partial charge in [0.15, 0.2) is 0 Å². The Morgan fingerprint density at radius 2 is 1.84 bits per heavy atom. The predicted octanol–water partition coefficient (Wildman–Crippen LogP) is 2.11. The minimum absolute atomic E-state index is 0.143. The number of aromatic hydroxyl groups is 1. The van der Waals surface area contributed by atoms with E-state index in [4.69, 9.17) is 4.74 Å². The number of hydrazone groups is 1. The van der Waals surface area contributed by atoms with E-state index in [0.717, 1.165) is 10.5 Å². The van der Waals surface area contributed by atoms with Crippen molar-refractivity contribution in [1.82, 2.24) is 10.3 Å². The van der Waals surface area contributed by atoms with Crippen LogP contribution in [-0.2, 0) is 16.1 Å². The number of phenolic OH excluding ortho intramolecular Hbond substituents is 1. The van der Waals surface area contributed by atoms with Gasteiger partial charge in [-0.3, -0.25) is 4.79 Å². The Balaban J connectivity index is 1.73. The van der Waals surface area contributed by atoms with Gasteiger partial charge in [0, 0.05) is 7.05 Å². The van der Waals surface area contributed by atoms with Crippen LogP contribution in [-0.4, -0.2) is 41.8 Å². The van der Waals surface area contributed by atoms with Crippen molar-refractivity contribution in [1.29, 1.82) is 0 Å². The first-order chi connectivity index (χ1) is 12.0. The maximum atomic E-state index is 11.8. The molecule has 2 aromatic rings. The number of nitrogens with zero attached hydrogens (tertiary/aromatic N) is 2. The number of benzene rings is 2. The van der Waals surface area contributed by atoms with Crippen molar-refractivity contribution in [3.63, 3.8) is 0 Å². The normalized spacial score (nSPS) is 10.4. The minimum atomic E-state index is -0.596. The van der Waals surface area contributed by atoms with Gasteiger partial charge in [-0.15, -0.1) is 0 Å². The Hall–Kier alpha value is -3.35. The van der Waals surface area contributed by atoms with E-state index < -0.39 is 12.0 Å². The van der Waals surface area contributed by atoms with E-state index >= 15 is 0 Å². The number of nitrogens with one attached hydrogen (secondary N) is 1. The number of carbonyl (C=O) groups excluding carboxylic acids is 2. The molecule has 0 aliphatic rings. The number of hydrogen-bond donors (Lipinski definition) is 2. The standard InChI is InChI=1S/C18H19N3O4/c1-21(18(24)25-13-15-5-3-2-4-6-15)12-17(23)20-19-11-14-7-9-16(22)10-8-14/h2-11,22H,12-13H2,1H3,(H,20,23). The first-order valence-corrected chi connectivity index (χ1v) is 7.57.